The second kappa shape index (κ2) is 7.75. The number of hydrogen-bond acceptors (Lipinski definition) is 4. The highest BCUT2D eigenvalue weighted by Gasteiger charge is 2.06. The summed E-state index contributed by atoms with van der Waals surface area (Å²) < 4.78 is 12.0. The maximum absolute atomic E-state index is 5.82. The van der Waals surface area contributed by atoms with Crippen molar-refractivity contribution in [3.8, 4) is 11.3 Å². The number of halogens is 1. The number of ether oxygens (including phenoxy) is 2. The maximum Gasteiger partial charge on any atom is 0.222 e. The molecule has 0 bridgehead atoms. The van der Waals surface area contributed by atoms with Crippen LogP contribution in [0.4, 0.5) is 0 Å². The van der Waals surface area contributed by atoms with Crippen LogP contribution in [0.25, 0.3) is 22.2 Å². The van der Waals surface area contributed by atoms with Crippen LogP contribution in [0.5, 0.6) is 0 Å². The molecule has 1 aliphatic rings. The van der Waals surface area contributed by atoms with E-state index in [1.54, 1.807) is 6.20 Å². The molecule has 2 aromatic heterocycles. The van der Waals surface area contributed by atoms with Crippen molar-refractivity contribution in [3.05, 3.63) is 47.5 Å². The van der Waals surface area contributed by atoms with Gasteiger partial charge in [0.05, 0.1) is 32.1 Å². The molecule has 3 aromatic rings. The summed E-state index contributed by atoms with van der Waals surface area (Å²) in [6.07, 6.45) is 3.80. The Bertz CT molecular complexity index is 817. The number of fused-ring (bicyclic) bond motifs is 1. The summed E-state index contributed by atoms with van der Waals surface area (Å²) in [6, 6.07) is 8.17. The molecule has 0 atom stereocenters. The molecule has 4 rings (SSSR count). The molecule has 0 unspecified atom stereocenters. The predicted octanol–water partition coefficient (Wildman–Crippen LogP) is 3.63. The average molecular weight is 346 g/mol. The number of nitrogens with zero attached hydrogens (tertiary/aromatic N) is 3. The third-order valence-electron chi connectivity index (χ3n) is 3.85. The first kappa shape index (κ1) is 16.9. The smallest absolute Gasteiger partial charge is 0.222 e. The molecule has 24 heavy (non-hydrogen) atoms. The number of benzene rings is 1. The quantitative estimate of drug-likeness (QED) is 0.632. The topological polar surface area (TPSA) is 49.2 Å². The minimum atomic E-state index is 0.275. The van der Waals surface area contributed by atoms with Gasteiger partial charge in [0.1, 0.15) is 0 Å². The second-order valence-electron chi connectivity index (χ2n) is 5.59. The van der Waals surface area contributed by atoms with Crippen LogP contribution in [0.15, 0.2) is 36.7 Å². The van der Waals surface area contributed by atoms with E-state index < -0.39 is 0 Å². The van der Waals surface area contributed by atoms with Crippen LogP contribution in [0.3, 0.4) is 0 Å². The van der Waals surface area contributed by atoms with E-state index in [0.29, 0.717) is 0 Å². The Balaban J connectivity index is 0.000000238. The van der Waals surface area contributed by atoms with E-state index in [0.717, 1.165) is 37.7 Å². The van der Waals surface area contributed by atoms with Crippen molar-refractivity contribution < 1.29 is 9.47 Å². The maximum atomic E-state index is 5.82. The third kappa shape index (κ3) is 3.93. The largest absolute Gasteiger partial charge is 0.377 e. The van der Waals surface area contributed by atoms with E-state index in [2.05, 4.69) is 52.9 Å². The van der Waals surface area contributed by atoms with Gasteiger partial charge in [-0.3, -0.25) is 0 Å². The van der Waals surface area contributed by atoms with Crippen LogP contribution in [-0.2, 0) is 16.5 Å². The minimum absolute atomic E-state index is 0.275. The fourth-order valence-electron chi connectivity index (χ4n) is 2.68. The van der Waals surface area contributed by atoms with Crippen molar-refractivity contribution in [1.82, 2.24) is 14.5 Å². The molecule has 5 nitrogen and oxygen atoms in total. The Labute approximate surface area is 146 Å². The molecule has 6 heteroatoms. The van der Waals surface area contributed by atoms with Crippen LogP contribution in [-0.4, -0.2) is 41.0 Å². The van der Waals surface area contributed by atoms with Gasteiger partial charge < -0.3 is 14.0 Å². The molecule has 1 saturated heterocycles. The summed E-state index contributed by atoms with van der Waals surface area (Å²) in [6.45, 7) is 5.22. The molecule has 0 spiro atoms. The zero-order valence-electron chi connectivity index (χ0n) is 13.8. The summed E-state index contributed by atoms with van der Waals surface area (Å²) >= 11 is 5.82. The molecular formula is C18H20ClN3O2. The van der Waals surface area contributed by atoms with Crippen molar-refractivity contribution in [1.29, 1.82) is 0 Å². The lowest BCUT2D eigenvalue weighted by molar-refractivity contribution is -0.0334. The van der Waals surface area contributed by atoms with Crippen LogP contribution in [0, 0.1) is 6.92 Å². The van der Waals surface area contributed by atoms with Gasteiger partial charge in [0, 0.05) is 35.9 Å². The molecular weight excluding hydrogens is 326 g/mol. The number of hydrogen-bond donors (Lipinski definition) is 0. The first-order valence-electron chi connectivity index (χ1n) is 7.85. The lowest BCUT2D eigenvalue weighted by atomic mass is 10.1. The highest BCUT2D eigenvalue weighted by molar-refractivity contribution is 6.28. The Morgan fingerprint density at radius 1 is 1.08 bits per heavy atom. The first-order valence-corrected chi connectivity index (χ1v) is 8.23. The molecule has 3 heterocycles. The van der Waals surface area contributed by atoms with Crippen molar-refractivity contribution in [2.45, 2.75) is 6.92 Å². The van der Waals surface area contributed by atoms with E-state index >= 15 is 0 Å². The summed E-state index contributed by atoms with van der Waals surface area (Å²) in [4.78, 5) is 8.13. The van der Waals surface area contributed by atoms with Crippen molar-refractivity contribution in [2.24, 2.45) is 7.05 Å². The molecule has 1 aromatic carbocycles. The molecule has 0 saturated carbocycles. The predicted molar refractivity (Wildman–Crippen MR) is 95.3 cm³/mol. The van der Waals surface area contributed by atoms with E-state index in [4.69, 9.17) is 21.1 Å². The molecule has 0 amide bonds. The van der Waals surface area contributed by atoms with Gasteiger partial charge in [0.2, 0.25) is 5.28 Å². The fourth-order valence-corrected chi connectivity index (χ4v) is 2.83. The van der Waals surface area contributed by atoms with Gasteiger partial charge in [-0.1, -0.05) is 6.07 Å². The van der Waals surface area contributed by atoms with Gasteiger partial charge in [-0.05, 0) is 42.3 Å². The lowest BCUT2D eigenvalue weighted by Crippen LogP contribution is -2.16. The monoisotopic (exact) mass is 345 g/mol. The molecule has 1 aliphatic heterocycles. The summed E-state index contributed by atoms with van der Waals surface area (Å²) in [5.74, 6) is 0. The zero-order chi connectivity index (χ0) is 16.9. The van der Waals surface area contributed by atoms with Gasteiger partial charge in [-0.15, -0.1) is 0 Å². The van der Waals surface area contributed by atoms with Gasteiger partial charge >= 0.3 is 0 Å². The van der Waals surface area contributed by atoms with Crippen LogP contribution in [0.2, 0.25) is 5.28 Å². The Kier molecular flexibility index (Phi) is 5.45. The Morgan fingerprint density at radius 3 is 2.42 bits per heavy atom. The van der Waals surface area contributed by atoms with E-state index in [1.165, 1.54) is 16.5 Å². The van der Waals surface area contributed by atoms with E-state index in [9.17, 15) is 0 Å². The average Bonchev–Trinajstić information content (AvgIpc) is 2.91. The molecule has 0 radical (unpaired) electrons. The van der Waals surface area contributed by atoms with Crippen molar-refractivity contribution >= 4 is 22.5 Å². The fraction of sp³-hybridized carbons (Fsp3) is 0.333. The first-order chi connectivity index (χ1) is 11.6. The van der Waals surface area contributed by atoms with E-state index in [-0.39, 0.29) is 5.28 Å². The number of rotatable bonds is 1. The van der Waals surface area contributed by atoms with Crippen LogP contribution in [0.1, 0.15) is 5.56 Å². The normalized spacial score (nSPS) is 14.3. The SMILES string of the molecule is C1COCCO1.Cc1cn(C)c2ccc(-c3ccnc(Cl)n3)cc12. The molecule has 1 fully saturated rings. The molecule has 0 N–H and O–H groups in total. The standard InChI is InChI=1S/C14H12ClN3.C4H8O2/c1-9-8-18(2)13-4-3-10(7-11(9)13)12-5-6-16-14(15)17-12;1-2-6-4-3-5-1/h3-8H,1-2H3;1-4H2. The third-order valence-corrected chi connectivity index (χ3v) is 4.04. The highest BCUT2D eigenvalue weighted by Crippen LogP contribution is 2.26. The summed E-state index contributed by atoms with van der Waals surface area (Å²) in [5.41, 5.74) is 4.38. The lowest BCUT2D eigenvalue weighted by Gasteiger charge is -2.09. The van der Waals surface area contributed by atoms with E-state index in [1.807, 2.05) is 6.07 Å². The van der Waals surface area contributed by atoms with Crippen molar-refractivity contribution in [3.63, 3.8) is 0 Å². The van der Waals surface area contributed by atoms with Gasteiger partial charge in [0.15, 0.2) is 0 Å². The number of aromatic nitrogens is 3. The second-order valence-corrected chi connectivity index (χ2v) is 5.93. The Hall–Kier alpha value is -1.95. The number of aryl methyl sites for hydroxylation is 2. The van der Waals surface area contributed by atoms with Gasteiger partial charge in [-0.25, -0.2) is 9.97 Å². The van der Waals surface area contributed by atoms with Gasteiger partial charge in [0.25, 0.3) is 0 Å². The highest BCUT2D eigenvalue weighted by atomic mass is 35.5. The van der Waals surface area contributed by atoms with Gasteiger partial charge in [-0.2, -0.15) is 0 Å². The van der Waals surface area contributed by atoms with Crippen LogP contribution < -0.4 is 0 Å². The summed E-state index contributed by atoms with van der Waals surface area (Å²) in [7, 11) is 2.05. The van der Waals surface area contributed by atoms with Crippen molar-refractivity contribution in [2.75, 3.05) is 26.4 Å². The van der Waals surface area contributed by atoms with Crippen LogP contribution >= 0.6 is 11.6 Å². The molecule has 126 valence electrons. The Morgan fingerprint density at radius 2 is 1.79 bits per heavy atom. The minimum Gasteiger partial charge on any atom is -0.377 e. The summed E-state index contributed by atoms with van der Waals surface area (Å²) in [5, 5.41) is 1.52. The molecule has 0 aliphatic carbocycles. The zero-order valence-corrected chi connectivity index (χ0v) is 14.6.